The maximum Gasteiger partial charge on any atom is 0.178 e. The zero-order valence-corrected chi connectivity index (χ0v) is 10.7. The van der Waals surface area contributed by atoms with Crippen LogP contribution in [0.15, 0.2) is 24.3 Å². The van der Waals surface area contributed by atoms with Crippen LogP contribution >= 0.6 is 11.6 Å². The summed E-state index contributed by atoms with van der Waals surface area (Å²) in [6, 6.07) is 8.36. The first-order valence-corrected chi connectivity index (χ1v) is 6.13. The van der Waals surface area contributed by atoms with Crippen molar-refractivity contribution in [3.63, 3.8) is 0 Å². The van der Waals surface area contributed by atoms with Crippen LogP contribution in [-0.4, -0.2) is 20.2 Å². The molecule has 0 fully saturated rings. The van der Waals surface area contributed by atoms with Crippen molar-refractivity contribution in [3.8, 4) is 0 Å². The summed E-state index contributed by atoms with van der Waals surface area (Å²) in [5.74, 6) is 0.601. The fourth-order valence-electron chi connectivity index (χ4n) is 0.891. The van der Waals surface area contributed by atoms with Crippen LogP contribution in [-0.2, 0) is 10.00 Å². The van der Waals surface area contributed by atoms with Crippen molar-refractivity contribution in [2.24, 2.45) is 0 Å². The van der Waals surface area contributed by atoms with Crippen LogP contribution < -0.4 is 5.19 Å². The SMILES string of the molecule is [SiH3]O[SiH2]c1ccc(CCl)cc1. The standard InChI is InChI=1S/C7H11ClOSi2/c8-5-6-1-3-7(4-2-6)11-9-10/h1-4H,5,11H2,10H3. The molecule has 0 bridgehead atoms. The molecule has 0 aromatic heterocycles. The van der Waals surface area contributed by atoms with Gasteiger partial charge in [-0.25, -0.2) is 0 Å². The predicted octanol–water partition coefficient (Wildman–Crippen LogP) is -0.569. The number of hydrogen-bond acceptors (Lipinski definition) is 1. The van der Waals surface area contributed by atoms with Crippen molar-refractivity contribution in [2.45, 2.75) is 5.88 Å². The molecule has 11 heavy (non-hydrogen) atoms. The highest BCUT2D eigenvalue weighted by Crippen LogP contribution is 1.99. The number of benzene rings is 1. The predicted molar refractivity (Wildman–Crippen MR) is 55.2 cm³/mol. The van der Waals surface area contributed by atoms with Crippen LogP contribution in [0, 0.1) is 0 Å². The van der Waals surface area contributed by atoms with Gasteiger partial charge in [0.15, 0.2) is 9.76 Å². The van der Waals surface area contributed by atoms with E-state index >= 15 is 0 Å². The summed E-state index contributed by atoms with van der Waals surface area (Å²) in [5.41, 5.74) is 1.18. The van der Waals surface area contributed by atoms with Gasteiger partial charge in [-0.2, -0.15) is 0 Å². The topological polar surface area (TPSA) is 9.23 Å². The highest BCUT2D eigenvalue weighted by Gasteiger charge is 1.92. The second-order valence-corrected chi connectivity index (χ2v) is 6.06. The molecule has 0 heterocycles. The second-order valence-electron chi connectivity index (χ2n) is 2.38. The summed E-state index contributed by atoms with van der Waals surface area (Å²) >= 11 is 5.64. The van der Waals surface area contributed by atoms with Crippen LogP contribution in [0.2, 0.25) is 0 Å². The molecule has 0 radical (unpaired) electrons. The van der Waals surface area contributed by atoms with Gasteiger partial charge in [0.1, 0.15) is 10.5 Å². The Kier molecular flexibility index (Phi) is 3.86. The largest absolute Gasteiger partial charge is 0.465 e. The third-order valence-electron chi connectivity index (χ3n) is 1.49. The molecule has 0 saturated carbocycles. The van der Waals surface area contributed by atoms with Gasteiger partial charge < -0.3 is 4.12 Å². The van der Waals surface area contributed by atoms with Gasteiger partial charge >= 0.3 is 0 Å². The molecule has 0 N–H and O–H groups in total. The smallest absolute Gasteiger partial charge is 0.178 e. The van der Waals surface area contributed by atoms with E-state index in [9.17, 15) is 0 Å². The van der Waals surface area contributed by atoms with E-state index < -0.39 is 9.76 Å². The van der Waals surface area contributed by atoms with Crippen LogP contribution in [0.25, 0.3) is 0 Å². The van der Waals surface area contributed by atoms with E-state index in [0.717, 1.165) is 10.5 Å². The minimum Gasteiger partial charge on any atom is -0.465 e. The van der Waals surface area contributed by atoms with Gasteiger partial charge in [-0.3, -0.25) is 0 Å². The molecular formula is C7H11ClOSi2. The van der Waals surface area contributed by atoms with Gasteiger partial charge in [0.05, 0.1) is 0 Å². The van der Waals surface area contributed by atoms with E-state index in [-0.39, 0.29) is 0 Å². The van der Waals surface area contributed by atoms with E-state index in [4.69, 9.17) is 15.7 Å². The molecule has 0 aliphatic carbocycles. The van der Waals surface area contributed by atoms with Crippen LogP contribution in [0.3, 0.4) is 0 Å². The summed E-state index contributed by atoms with van der Waals surface area (Å²) in [5, 5.41) is 1.36. The summed E-state index contributed by atoms with van der Waals surface area (Å²) in [6.07, 6.45) is 0. The summed E-state index contributed by atoms with van der Waals surface area (Å²) < 4.78 is 5.25. The van der Waals surface area contributed by atoms with Crippen molar-refractivity contribution in [2.75, 3.05) is 0 Å². The molecule has 0 saturated heterocycles. The fourth-order valence-corrected chi connectivity index (χ4v) is 2.83. The maximum absolute atomic E-state index is 5.64. The van der Waals surface area contributed by atoms with Gasteiger partial charge in [-0.1, -0.05) is 24.3 Å². The van der Waals surface area contributed by atoms with E-state index in [1.54, 1.807) is 0 Å². The van der Waals surface area contributed by atoms with Crippen molar-refractivity contribution < 1.29 is 4.12 Å². The third-order valence-corrected chi connectivity index (χ3v) is 3.76. The number of rotatable bonds is 3. The summed E-state index contributed by atoms with van der Waals surface area (Å²) in [7, 11) is 0.453. The van der Waals surface area contributed by atoms with Crippen molar-refractivity contribution in [1.82, 2.24) is 0 Å². The monoisotopic (exact) mass is 202 g/mol. The minimum atomic E-state index is -0.406. The first kappa shape index (κ1) is 9.00. The molecule has 0 aliphatic heterocycles. The molecular weight excluding hydrogens is 192 g/mol. The summed E-state index contributed by atoms with van der Waals surface area (Å²) in [6.45, 7) is 0. The zero-order chi connectivity index (χ0) is 8.10. The van der Waals surface area contributed by atoms with Gasteiger partial charge in [-0.05, 0) is 10.8 Å². The average molecular weight is 203 g/mol. The van der Waals surface area contributed by atoms with Crippen molar-refractivity contribution in [3.05, 3.63) is 29.8 Å². The van der Waals surface area contributed by atoms with Gasteiger partial charge in [0.25, 0.3) is 0 Å². The fraction of sp³-hybridized carbons (Fsp3) is 0.143. The highest BCUT2D eigenvalue weighted by molar-refractivity contribution is 6.50. The van der Waals surface area contributed by atoms with Gasteiger partial charge in [0, 0.05) is 5.88 Å². The molecule has 0 spiro atoms. The Morgan fingerprint density at radius 1 is 1.36 bits per heavy atom. The molecule has 0 amide bonds. The Labute approximate surface area is 77.2 Å². The normalized spacial score (nSPS) is 11.4. The third kappa shape index (κ3) is 2.79. The lowest BCUT2D eigenvalue weighted by Crippen LogP contribution is -2.15. The number of hydrogen-bond donors (Lipinski definition) is 0. The van der Waals surface area contributed by atoms with Crippen LogP contribution in [0.5, 0.6) is 0 Å². The zero-order valence-electron chi connectivity index (χ0n) is 6.51. The molecule has 0 unspecified atom stereocenters. The lowest BCUT2D eigenvalue weighted by Gasteiger charge is -1.99. The molecule has 1 aromatic carbocycles. The Balaban J connectivity index is 2.66. The molecule has 1 nitrogen and oxygen atoms in total. The average Bonchev–Trinajstić information content (AvgIpc) is 2.07. The Morgan fingerprint density at radius 3 is 2.45 bits per heavy atom. The van der Waals surface area contributed by atoms with E-state index in [1.165, 1.54) is 10.8 Å². The van der Waals surface area contributed by atoms with Crippen LogP contribution in [0.1, 0.15) is 5.56 Å². The molecule has 1 rings (SSSR count). The Bertz CT molecular complexity index is 212. The first-order valence-electron chi connectivity index (χ1n) is 3.49. The Hall–Kier alpha value is -0.0962. The van der Waals surface area contributed by atoms with E-state index in [2.05, 4.69) is 24.3 Å². The quantitative estimate of drug-likeness (QED) is 0.472. The van der Waals surface area contributed by atoms with Crippen molar-refractivity contribution in [1.29, 1.82) is 0 Å². The maximum atomic E-state index is 5.64. The molecule has 0 atom stereocenters. The molecule has 60 valence electrons. The molecule has 0 aliphatic rings. The summed E-state index contributed by atoms with van der Waals surface area (Å²) in [4.78, 5) is 0. The first-order chi connectivity index (χ1) is 5.36. The van der Waals surface area contributed by atoms with Gasteiger partial charge in [0.2, 0.25) is 0 Å². The lowest BCUT2D eigenvalue weighted by atomic mass is 10.2. The van der Waals surface area contributed by atoms with E-state index in [1.807, 2.05) is 0 Å². The molecule has 4 heteroatoms. The molecule has 1 aromatic rings. The lowest BCUT2D eigenvalue weighted by molar-refractivity contribution is 0.676. The highest BCUT2D eigenvalue weighted by atomic mass is 35.5. The van der Waals surface area contributed by atoms with Crippen LogP contribution in [0.4, 0.5) is 0 Å². The van der Waals surface area contributed by atoms with Gasteiger partial charge in [-0.15, -0.1) is 11.6 Å². The van der Waals surface area contributed by atoms with Crippen molar-refractivity contribution >= 4 is 37.0 Å². The minimum absolute atomic E-state index is 0.406. The van der Waals surface area contributed by atoms with E-state index in [0.29, 0.717) is 5.88 Å². The number of alkyl halides is 1. The number of halogens is 1. The Morgan fingerprint density at radius 2 is 2.00 bits per heavy atom. The second kappa shape index (κ2) is 4.72.